The van der Waals surface area contributed by atoms with Gasteiger partial charge in [-0.15, -0.1) is 0 Å². The monoisotopic (exact) mass is 171 g/mol. The van der Waals surface area contributed by atoms with Gasteiger partial charge in [0.05, 0.1) is 0 Å². The Morgan fingerprint density at radius 3 is 2.83 bits per heavy atom. The molecule has 1 atom stereocenters. The Balaban J connectivity index is 2.55. The summed E-state index contributed by atoms with van der Waals surface area (Å²) in [5.74, 6) is 0.202. The van der Waals surface area contributed by atoms with Crippen LogP contribution in [0, 0.1) is 5.92 Å². The summed E-state index contributed by atoms with van der Waals surface area (Å²) in [5.41, 5.74) is 0. The number of hydrogen-bond donors (Lipinski definition) is 1. The fourth-order valence-corrected chi connectivity index (χ4v) is 1.31. The smallest absolute Gasteiger partial charge is 0.407 e. The highest BCUT2D eigenvalue weighted by Gasteiger charge is 2.22. The Kier molecular flexibility index (Phi) is 2.68. The van der Waals surface area contributed by atoms with Crippen LogP contribution in [-0.2, 0) is 4.79 Å². The molecule has 12 heavy (non-hydrogen) atoms. The molecule has 1 aliphatic rings. The van der Waals surface area contributed by atoms with Crippen molar-refractivity contribution < 1.29 is 14.7 Å². The lowest BCUT2D eigenvalue weighted by Crippen LogP contribution is -2.30. The van der Waals surface area contributed by atoms with Crippen LogP contribution in [0.3, 0.4) is 0 Å². The van der Waals surface area contributed by atoms with E-state index in [2.05, 4.69) is 0 Å². The van der Waals surface area contributed by atoms with E-state index >= 15 is 0 Å². The number of Topliss-reactive ketones (excluding diaryl/α,β-unsaturated/α-hetero) is 1. The van der Waals surface area contributed by atoms with Gasteiger partial charge in [-0.25, -0.2) is 4.79 Å². The van der Waals surface area contributed by atoms with Gasteiger partial charge in [0.2, 0.25) is 0 Å². The predicted octanol–water partition coefficient (Wildman–Crippen LogP) is 0.965. The molecule has 1 amide bonds. The maximum absolute atomic E-state index is 11.2. The van der Waals surface area contributed by atoms with Crippen molar-refractivity contribution in [3.05, 3.63) is 0 Å². The minimum Gasteiger partial charge on any atom is -0.465 e. The topological polar surface area (TPSA) is 57.6 Å². The summed E-state index contributed by atoms with van der Waals surface area (Å²) in [5, 5.41) is 8.65. The summed E-state index contributed by atoms with van der Waals surface area (Å²) >= 11 is 0. The normalized spacial score (nSPS) is 25.2. The molecule has 1 N–H and O–H groups in total. The summed E-state index contributed by atoms with van der Waals surface area (Å²) in [7, 11) is 0. The van der Waals surface area contributed by atoms with Crippen LogP contribution in [0.25, 0.3) is 0 Å². The zero-order valence-electron chi connectivity index (χ0n) is 7.12. The number of carbonyl (C=O) groups excluding carboxylic acids is 1. The van der Waals surface area contributed by atoms with E-state index in [4.69, 9.17) is 5.11 Å². The lowest BCUT2D eigenvalue weighted by atomic mass is 10.0. The molecule has 1 fully saturated rings. The number of hydrogen-bond acceptors (Lipinski definition) is 2. The Bertz CT molecular complexity index is 202. The summed E-state index contributed by atoms with van der Waals surface area (Å²) < 4.78 is 0. The molecule has 1 unspecified atom stereocenters. The molecule has 4 heteroatoms. The van der Waals surface area contributed by atoms with Crippen LogP contribution in [0.4, 0.5) is 4.79 Å². The molecule has 0 aromatic heterocycles. The van der Waals surface area contributed by atoms with E-state index in [-0.39, 0.29) is 11.7 Å². The minimum atomic E-state index is -0.920. The van der Waals surface area contributed by atoms with Crippen molar-refractivity contribution in [2.24, 2.45) is 5.92 Å². The molecule has 0 bridgehead atoms. The first-order valence-electron chi connectivity index (χ1n) is 4.12. The molecular weight excluding hydrogens is 158 g/mol. The Morgan fingerprint density at radius 1 is 1.58 bits per heavy atom. The predicted molar refractivity (Wildman–Crippen MR) is 43.0 cm³/mol. The molecule has 1 aliphatic heterocycles. The summed E-state index contributed by atoms with van der Waals surface area (Å²) in [4.78, 5) is 23.0. The third-order valence-corrected chi connectivity index (χ3v) is 2.28. The van der Waals surface area contributed by atoms with Crippen LogP contribution >= 0.6 is 0 Å². The molecule has 4 nitrogen and oxygen atoms in total. The first kappa shape index (κ1) is 9.03. The molecule has 1 heterocycles. The van der Waals surface area contributed by atoms with Crippen LogP contribution in [-0.4, -0.2) is 35.0 Å². The fraction of sp³-hybridized carbons (Fsp3) is 0.750. The lowest BCUT2D eigenvalue weighted by molar-refractivity contribution is -0.122. The van der Waals surface area contributed by atoms with E-state index in [1.54, 1.807) is 0 Å². The van der Waals surface area contributed by atoms with Crippen LogP contribution in [0.2, 0.25) is 0 Å². The maximum Gasteiger partial charge on any atom is 0.407 e. The van der Waals surface area contributed by atoms with Gasteiger partial charge in [-0.2, -0.15) is 0 Å². The van der Waals surface area contributed by atoms with Gasteiger partial charge >= 0.3 is 6.09 Å². The van der Waals surface area contributed by atoms with Crippen molar-refractivity contribution in [3.8, 4) is 0 Å². The van der Waals surface area contributed by atoms with Crippen LogP contribution in [0.15, 0.2) is 0 Å². The lowest BCUT2D eigenvalue weighted by Gasteiger charge is -2.14. The van der Waals surface area contributed by atoms with Gasteiger partial charge < -0.3 is 10.0 Å². The van der Waals surface area contributed by atoms with Crippen molar-refractivity contribution in [2.75, 3.05) is 13.1 Å². The maximum atomic E-state index is 11.2. The molecule has 0 aromatic rings. The van der Waals surface area contributed by atoms with Gasteiger partial charge in [0, 0.05) is 25.4 Å². The quantitative estimate of drug-likeness (QED) is 0.590. The number of carbonyl (C=O) groups is 2. The average Bonchev–Trinajstić information content (AvgIpc) is 2.16. The van der Waals surface area contributed by atoms with Gasteiger partial charge in [0.25, 0.3) is 0 Å². The molecule has 0 saturated carbocycles. The zero-order chi connectivity index (χ0) is 9.14. The molecule has 0 aromatic carbocycles. The van der Waals surface area contributed by atoms with Gasteiger partial charge in [0.15, 0.2) is 0 Å². The number of rotatable bonds is 0. The van der Waals surface area contributed by atoms with E-state index in [9.17, 15) is 9.59 Å². The van der Waals surface area contributed by atoms with Crippen molar-refractivity contribution in [2.45, 2.75) is 19.8 Å². The average molecular weight is 171 g/mol. The fourth-order valence-electron chi connectivity index (χ4n) is 1.31. The summed E-state index contributed by atoms with van der Waals surface area (Å²) in [6.45, 7) is 2.70. The number of ketones is 1. The second kappa shape index (κ2) is 3.56. The van der Waals surface area contributed by atoms with E-state index < -0.39 is 6.09 Å². The van der Waals surface area contributed by atoms with Crippen molar-refractivity contribution >= 4 is 11.9 Å². The van der Waals surface area contributed by atoms with Gasteiger partial charge in [0.1, 0.15) is 5.78 Å². The Morgan fingerprint density at radius 2 is 2.25 bits per heavy atom. The minimum absolute atomic E-state index is 0.0225. The summed E-state index contributed by atoms with van der Waals surface area (Å²) in [6.07, 6.45) is 0.107. The molecule has 0 spiro atoms. The highest BCUT2D eigenvalue weighted by molar-refractivity contribution is 5.81. The Labute approximate surface area is 71.2 Å². The third-order valence-electron chi connectivity index (χ3n) is 2.28. The summed E-state index contributed by atoms with van der Waals surface area (Å²) in [6, 6.07) is 0. The van der Waals surface area contributed by atoms with E-state index in [0.29, 0.717) is 25.9 Å². The van der Waals surface area contributed by atoms with Gasteiger partial charge in [-0.05, 0) is 6.42 Å². The highest BCUT2D eigenvalue weighted by atomic mass is 16.4. The van der Waals surface area contributed by atoms with Crippen LogP contribution < -0.4 is 0 Å². The molecule has 68 valence electrons. The zero-order valence-corrected chi connectivity index (χ0v) is 7.12. The highest BCUT2D eigenvalue weighted by Crippen LogP contribution is 2.13. The molecule has 1 saturated heterocycles. The van der Waals surface area contributed by atoms with Crippen LogP contribution in [0.1, 0.15) is 19.8 Å². The first-order chi connectivity index (χ1) is 5.61. The molecule has 1 rings (SSSR count). The van der Waals surface area contributed by atoms with E-state index in [1.807, 2.05) is 6.92 Å². The van der Waals surface area contributed by atoms with E-state index in [1.165, 1.54) is 4.90 Å². The van der Waals surface area contributed by atoms with Gasteiger partial charge in [-0.3, -0.25) is 4.79 Å². The second-order valence-corrected chi connectivity index (χ2v) is 3.18. The number of nitrogens with zero attached hydrogens (tertiary/aromatic N) is 1. The molecule has 0 aliphatic carbocycles. The number of amides is 1. The number of likely N-dealkylation sites (tertiary alicyclic amines) is 1. The van der Waals surface area contributed by atoms with E-state index in [0.717, 1.165) is 0 Å². The van der Waals surface area contributed by atoms with Crippen molar-refractivity contribution in [1.29, 1.82) is 0 Å². The molecule has 0 radical (unpaired) electrons. The van der Waals surface area contributed by atoms with Crippen molar-refractivity contribution in [3.63, 3.8) is 0 Å². The van der Waals surface area contributed by atoms with Crippen molar-refractivity contribution in [1.82, 2.24) is 4.90 Å². The largest absolute Gasteiger partial charge is 0.465 e. The number of carboxylic acid groups (broad SMARTS) is 1. The SMILES string of the molecule is CC1CCN(C(=O)O)CCC1=O. The van der Waals surface area contributed by atoms with Crippen LogP contribution in [0.5, 0.6) is 0 Å². The first-order valence-corrected chi connectivity index (χ1v) is 4.12. The Hall–Kier alpha value is -1.06. The standard InChI is InChI=1S/C8H13NO3/c1-6-2-4-9(8(11)12)5-3-7(6)10/h6H,2-5H2,1H3,(H,11,12). The second-order valence-electron chi connectivity index (χ2n) is 3.18. The third kappa shape index (κ3) is 1.96. The molecular formula is C8H13NO3. The van der Waals surface area contributed by atoms with Gasteiger partial charge in [-0.1, -0.05) is 6.92 Å².